The molecule has 0 spiro atoms. The lowest BCUT2D eigenvalue weighted by Gasteiger charge is -2.30. The predicted octanol–water partition coefficient (Wildman–Crippen LogP) is 2.06. The number of nitrogens with one attached hydrogen (secondary N) is 2. The van der Waals surface area contributed by atoms with E-state index >= 15 is 0 Å². The lowest BCUT2D eigenvalue weighted by molar-refractivity contribution is -0.384. The highest BCUT2D eigenvalue weighted by Crippen LogP contribution is 2.20. The van der Waals surface area contributed by atoms with Gasteiger partial charge in [-0.05, 0) is 36.5 Å². The van der Waals surface area contributed by atoms with E-state index in [0.29, 0.717) is 11.4 Å². The molecule has 0 bridgehead atoms. The van der Waals surface area contributed by atoms with E-state index in [1.54, 1.807) is 30.3 Å². The number of nitro benzene ring substituents is 1. The molecular formula is C17H13N5O4S. The van der Waals surface area contributed by atoms with Crippen LogP contribution in [0.3, 0.4) is 0 Å². The summed E-state index contributed by atoms with van der Waals surface area (Å²) in [5.41, 5.74) is 3.58. The highest BCUT2D eigenvalue weighted by Gasteiger charge is 2.38. The van der Waals surface area contributed by atoms with Crippen LogP contribution < -0.4 is 15.6 Å². The summed E-state index contributed by atoms with van der Waals surface area (Å²) in [6, 6.07) is 14.2. The Kier molecular flexibility index (Phi) is 5.18. The molecule has 0 aromatic heterocycles. The van der Waals surface area contributed by atoms with Gasteiger partial charge in [-0.2, -0.15) is 5.10 Å². The number of carbonyl (C=O) groups is 2. The average Bonchev–Trinajstić information content (AvgIpc) is 2.65. The molecule has 10 heteroatoms. The van der Waals surface area contributed by atoms with Crippen LogP contribution in [0.15, 0.2) is 59.7 Å². The SMILES string of the molecule is O=C1NC(=S)N(c2ccccc2)C(=O)[C@H]1/C=N\Nc1ccc([N+](=O)[O-])cc1. The Labute approximate surface area is 158 Å². The van der Waals surface area contributed by atoms with E-state index in [1.807, 2.05) is 0 Å². The van der Waals surface area contributed by atoms with Gasteiger partial charge < -0.3 is 5.32 Å². The number of amides is 2. The summed E-state index contributed by atoms with van der Waals surface area (Å²) >= 11 is 5.10. The fourth-order valence-corrected chi connectivity index (χ4v) is 2.68. The van der Waals surface area contributed by atoms with Crippen LogP contribution in [-0.4, -0.2) is 28.1 Å². The van der Waals surface area contributed by atoms with Crippen LogP contribution in [0.25, 0.3) is 0 Å². The van der Waals surface area contributed by atoms with Crippen molar-refractivity contribution in [2.75, 3.05) is 10.3 Å². The molecule has 1 aliphatic rings. The van der Waals surface area contributed by atoms with Gasteiger partial charge in [0.05, 0.1) is 16.3 Å². The molecule has 0 radical (unpaired) electrons. The van der Waals surface area contributed by atoms with E-state index in [-0.39, 0.29) is 10.8 Å². The molecule has 1 atom stereocenters. The number of non-ortho nitro benzene ring substituents is 1. The maximum absolute atomic E-state index is 12.7. The van der Waals surface area contributed by atoms with Crippen LogP contribution >= 0.6 is 12.2 Å². The Bertz CT molecular complexity index is 930. The van der Waals surface area contributed by atoms with Crippen LogP contribution in [0, 0.1) is 16.0 Å². The second-order valence-corrected chi connectivity index (χ2v) is 5.86. The minimum absolute atomic E-state index is 0.00387. The lowest BCUT2D eigenvalue weighted by atomic mass is 10.1. The van der Waals surface area contributed by atoms with Gasteiger partial charge in [-0.3, -0.25) is 30.0 Å². The second-order valence-electron chi connectivity index (χ2n) is 5.48. The summed E-state index contributed by atoms with van der Waals surface area (Å²) in [6.07, 6.45) is 1.16. The Hall–Kier alpha value is -3.66. The molecule has 2 aromatic carbocycles. The number of hydrogen-bond acceptors (Lipinski definition) is 7. The molecule has 136 valence electrons. The molecule has 0 saturated carbocycles. The summed E-state index contributed by atoms with van der Waals surface area (Å²) in [7, 11) is 0. The molecule has 1 heterocycles. The van der Waals surface area contributed by atoms with Crippen molar-refractivity contribution in [3.05, 3.63) is 64.7 Å². The van der Waals surface area contributed by atoms with Crippen molar-refractivity contribution in [3.63, 3.8) is 0 Å². The van der Waals surface area contributed by atoms with Gasteiger partial charge in [0, 0.05) is 18.3 Å². The van der Waals surface area contributed by atoms with Gasteiger partial charge in [0.1, 0.15) is 0 Å². The van der Waals surface area contributed by atoms with Gasteiger partial charge in [0.15, 0.2) is 11.0 Å². The number of carbonyl (C=O) groups excluding carboxylic acids is 2. The molecule has 2 N–H and O–H groups in total. The van der Waals surface area contributed by atoms with Crippen molar-refractivity contribution in [2.24, 2.45) is 11.0 Å². The number of benzene rings is 2. The van der Waals surface area contributed by atoms with Crippen molar-refractivity contribution < 1.29 is 14.5 Å². The smallest absolute Gasteiger partial charge is 0.269 e. The third-order valence-electron chi connectivity index (χ3n) is 3.71. The van der Waals surface area contributed by atoms with Gasteiger partial charge in [0.2, 0.25) is 5.91 Å². The molecule has 3 rings (SSSR count). The maximum Gasteiger partial charge on any atom is 0.269 e. The second kappa shape index (κ2) is 7.70. The van der Waals surface area contributed by atoms with Crippen LogP contribution in [0.5, 0.6) is 0 Å². The number of hydrazone groups is 1. The minimum Gasteiger partial charge on any atom is -0.301 e. The van der Waals surface area contributed by atoms with Crippen molar-refractivity contribution in [1.29, 1.82) is 0 Å². The first kappa shape index (κ1) is 18.1. The Morgan fingerprint density at radius 2 is 1.81 bits per heavy atom. The normalized spacial score (nSPS) is 17.1. The van der Waals surface area contributed by atoms with E-state index in [1.165, 1.54) is 29.2 Å². The van der Waals surface area contributed by atoms with Crippen LogP contribution in [0.4, 0.5) is 17.1 Å². The van der Waals surface area contributed by atoms with Gasteiger partial charge in [-0.25, -0.2) is 0 Å². The largest absolute Gasteiger partial charge is 0.301 e. The number of hydrogen-bond donors (Lipinski definition) is 2. The Balaban J connectivity index is 1.74. The summed E-state index contributed by atoms with van der Waals surface area (Å²) in [5.74, 6) is -2.27. The zero-order chi connectivity index (χ0) is 19.4. The minimum atomic E-state index is -1.16. The van der Waals surface area contributed by atoms with Gasteiger partial charge in [-0.1, -0.05) is 18.2 Å². The zero-order valence-electron chi connectivity index (χ0n) is 13.7. The van der Waals surface area contributed by atoms with Crippen LogP contribution in [0.2, 0.25) is 0 Å². The standard InChI is InChI=1S/C17H13N5O4S/c23-15-14(10-18-20-11-6-8-13(9-7-11)22(25)26)16(24)21(17(27)19-15)12-4-2-1-3-5-12/h1-10,14,20H,(H,19,23,27)/b18-10-/t14-/m0/s1. The fraction of sp³-hybridized carbons (Fsp3) is 0.0588. The molecule has 1 saturated heterocycles. The van der Waals surface area contributed by atoms with Crippen molar-refractivity contribution >= 4 is 52.4 Å². The average molecular weight is 383 g/mol. The van der Waals surface area contributed by atoms with Crippen molar-refractivity contribution in [1.82, 2.24) is 5.32 Å². The summed E-state index contributed by atoms with van der Waals surface area (Å²) in [4.78, 5) is 36.2. The first-order chi connectivity index (χ1) is 13.0. The Morgan fingerprint density at radius 3 is 2.44 bits per heavy atom. The molecule has 2 aromatic rings. The van der Waals surface area contributed by atoms with Crippen molar-refractivity contribution in [2.45, 2.75) is 0 Å². The summed E-state index contributed by atoms with van der Waals surface area (Å²) in [6.45, 7) is 0. The van der Waals surface area contributed by atoms with Crippen LogP contribution in [-0.2, 0) is 9.59 Å². The molecule has 0 aliphatic carbocycles. The number of anilines is 2. The zero-order valence-corrected chi connectivity index (χ0v) is 14.6. The maximum atomic E-state index is 12.7. The molecule has 9 nitrogen and oxygen atoms in total. The monoisotopic (exact) mass is 383 g/mol. The van der Waals surface area contributed by atoms with E-state index in [9.17, 15) is 19.7 Å². The predicted molar refractivity (Wildman–Crippen MR) is 103 cm³/mol. The highest BCUT2D eigenvalue weighted by atomic mass is 32.1. The number of para-hydroxylation sites is 1. The molecular weight excluding hydrogens is 370 g/mol. The number of nitro groups is 1. The van der Waals surface area contributed by atoms with Gasteiger partial charge in [0.25, 0.3) is 11.6 Å². The fourth-order valence-electron chi connectivity index (χ4n) is 2.39. The molecule has 1 aliphatic heterocycles. The first-order valence-corrected chi connectivity index (χ1v) is 8.15. The van der Waals surface area contributed by atoms with Crippen molar-refractivity contribution in [3.8, 4) is 0 Å². The molecule has 1 fully saturated rings. The summed E-state index contributed by atoms with van der Waals surface area (Å²) < 4.78 is 0. The topological polar surface area (TPSA) is 117 Å². The number of rotatable bonds is 5. The number of nitrogens with zero attached hydrogens (tertiary/aromatic N) is 3. The molecule has 2 amide bonds. The van der Waals surface area contributed by atoms with E-state index in [2.05, 4.69) is 15.8 Å². The quantitative estimate of drug-likeness (QED) is 0.268. The van der Waals surface area contributed by atoms with Gasteiger partial charge >= 0.3 is 0 Å². The number of thiocarbonyl (C=S) groups is 1. The molecule has 0 unspecified atom stereocenters. The molecule has 27 heavy (non-hydrogen) atoms. The van der Waals surface area contributed by atoms with Gasteiger partial charge in [-0.15, -0.1) is 0 Å². The first-order valence-electron chi connectivity index (χ1n) is 7.75. The van der Waals surface area contributed by atoms with Crippen LogP contribution in [0.1, 0.15) is 0 Å². The third kappa shape index (κ3) is 3.96. The third-order valence-corrected chi connectivity index (χ3v) is 4.00. The highest BCUT2D eigenvalue weighted by molar-refractivity contribution is 7.80. The van der Waals surface area contributed by atoms with E-state index in [4.69, 9.17) is 12.2 Å². The van der Waals surface area contributed by atoms with E-state index in [0.717, 1.165) is 6.21 Å². The summed E-state index contributed by atoms with van der Waals surface area (Å²) in [5, 5.41) is 17.0. The lowest BCUT2D eigenvalue weighted by Crippen LogP contribution is -2.58. The van der Waals surface area contributed by atoms with E-state index < -0.39 is 22.7 Å². The Morgan fingerprint density at radius 1 is 1.15 bits per heavy atom.